The van der Waals surface area contributed by atoms with Crippen LogP contribution in [0.3, 0.4) is 0 Å². The maximum absolute atomic E-state index is 12.6. The van der Waals surface area contributed by atoms with Crippen LogP contribution in [0.1, 0.15) is 20.7 Å². The average molecular weight is 413 g/mol. The number of benzene rings is 3. The molecule has 0 aromatic heterocycles. The number of phenols is 2. The van der Waals surface area contributed by atoms with E-state index in [1.54, 1.807) is 36.4 Å². The van der Waals surface area contributed by atoms with Gasteiger partial charge in [0.1, 0.15) is 15.8 Å². The second kappa shape index (κ2) is 6.74. The lowest BCUT2D eigenvalue weighted by Gasteiger charge is -2.14. The molecular formula is C20H10Cl2N2O4. The lowest BCUT2D eigenvalue weighted by molar-refractivity contribution is 0.0979. The number of halogens is 2. The molecule has 28 heavy (non-hydrogen) atoms. The van der Waals surface area contributed by atoms with Gasteiger partial charge in [0.25, 0.3) is 0 Å². The first-order valence-corrected chi connectivity index (χ1v) is 8.79. The number of carbonyl (C=O) groups excluding carboxylic acids is 2. The molecule has 6 nitrogen and oxygen atoms in total. The van der Waals surface area contributed by atoms with E-state index in [-0.39, 0.29) is 44.1 Å². The average Bonchev–Trinajstić information content (AvgIpc) is 2.72. The largest absolute Gasteiger partial charge is 0.506 e. The van der Waals surface area contributed by atoms with E-state index in [0.29, 0.717) is 10.8 Å². The second-order valence-corrected chi connectivity index (χ2v) is 6.73. The Morgan fingerprint density at radius 3 is 1.89 bits per heavy atom. The summed E-state index contributed by atoms with van der Waals surface area (Å²) < 4.78 is 0. The number of hydrogen-bond donors (Lipinski definition) is 2. The Hall–Kier alpha value is -3.22. The van der Waals surface area contributed by atoms with Crippen LogP contribution in [0.5, 0.6) is 11.5 Å². The third kappa shape index (κ3) is 2.66. The van der Waals surface area contributed by atoms with Gasteiger partial charge in [-0.1, -0.05) is 71.7 Å². The molecule has 4 rings (SSSR count). The Balaban J connectivity index is 1.85. The molecule has 138 valence electrons. The van der Waals surface area contributed by atoms with Crippen LogP contribution in [0, 0.1) is 0 Å². The third-order valence-electron chi connectivity index (χ3n) is 4.37. The summed E-state index contributed by atoms with van der Waals surface area (Å²) in [6, 6.07) is 12.7. The Morgan fingerprint density at radius 1 is 0.714 bits per heavy atom. The van der Waals surface area contributed by atoms with Gasteiger partial charge in [0.2, 0.25) is 11.6 Å². The summed E-state index contributed by atoms with van der Waals surface area (Å²) in [5.74, 6) is -1.75. The number of phenolic OH excluding ortho intramolecular Hbond substituents is 2. The van der Waals surface area contributed by atoms with Crippen LogP contribution in [0.15, 0.2) is 69.5 Å². The molecule has 1 aliphatic carbocycles. The molecule has 3 aromatic carbocycles. The number of nitrogens with zero attached hydrogens (tertiary/aromatic N) is 2. The summed E-state index contributed by atoms with van der Waals surface area (Å²) in [6.07, 6.45) is 0. The van der Waals surface area contributed by atoms with Gasteiger partial charge >= 0.3 is 0 Å². The first-order valence-electron chi connectivity index (χ1n) is 8.04. The van der Waals surface area contributed by atoms with Gasteiger partial charge in [0.05, 0.1) is 0 Å². The van der Waals surface area contributed by atoms with Gasteiger partial charge in [-0.15, -0.1) is 10.2 Å². The molecular weight excluding hydrogens is 403 g/mol. The van der Waals surface area contributed by atoms with E-state index < -0.39 is 11.6 Å². The molecule has 0 amide bonds. The van der Waals surface area contributed by atoms with Gasteiger partial charge in [-0.25, -0.2) is 0 Å². The van der Waals surface area contributed by atoms with Crippen LogP contribution < -0.4 is 0 Å². The Bertz CT molecular complexity index is 1250. The number of rotatable bonds is 2. The van der Waals surface area contributed by atoms with Gasteiger partial charge < -0.3 is 10.2 Å². The summed E-state index contributed by atoms with van der Waals surface area (Å²) in [4.78, 5) is 25.0. The van der Waals surface area contributed by atoms with Crippen LogP contribution in [0.2, 0.25) is 5.02 Å². The van der Waals surface area contributed by atoms with Gasteiger partial charge in [-0.3, -0.25) is 9.59 Å². The predicted octanol–water partition coefficient (Wildman–Crippen LogP) is 5.52. The quantitative estimate of drug-likeness (QED) is 0.427. The van der Waals surface area contributed by atoms with Gasteiger partial charge in [0, 0.05) is 21.9 Å². The maximum atomic E-state index is 12.6. The van der Waals surface area contributed by atoms with Crippen molar-refractivity contribution in [1.82, 2.24) is 0 Å². The van der Waals surface area contributed by atoms with E-state index in [1.807, 2.05) is 0 Å². The predicted molar refractivity (Wildman–Crippen MR) is 105 cm³/mol. The minimum Gasteiger partial charge on any atom is -0.506 e. The molecule has 0 spiro atoms. The highest BCUT2D eigenvalue weighted by Gasteiger charge is 2.31. The highest BCUT2D eigenvalue weighted by Crippen LogP contribution is 2.48. The number of Topliss-reactive ketones (excluding diaryl/α,β-unsaturated/α-hetero) is 2. The fourth-order valence-corrected chi connectivity index (χ4v) is 3.43. The van der Waals surface area contributed by atoms with Crippen molar-refractivity contribution in [1.29, 1.82) is 0 Å². The monoisotopic (exact) mass is 412 g/mol. The SMILES string of the molecule is O=C1C(Cl)=C(N=Nc2c(Cl)c(O)c3ccccc3c2O)C(=O)c2ccccc21. The smallest absolute Gasteiger partial charge is 0.215 e. The fraction of sp³-hybridized carbons (Fsp3) is 0. The molecule has 0 saturated heterocycles. The van der Waals surface area contributed by atoms with Crippen molar-refractivity contribution in [3.05, 3.63) is 75.4 Å². The molecule has 2 N–H and O–H groups in total. The number of azo groups is 1. The number of carbonyl (C=O) groups is 2. The number of fused-ring (bicyclic) bond motifs is 2. The highest BCUT2D eigenvalue weighted by molar-refractivity contribution is 6.50. The lowest BCUT2D eigenvalue weighted by Crippen LogP contribution is -2.18. The normalized spacial score (nSPS) is 14.2. The van der Waals surface area contributed by atoms with Crippen molar-refractivity contribution < 1.29 is 19.8 Å². The van der Waals surface area contributed by atoms with Gasteiger partial charge in [-0.2, -0.15) is 0 Å². The Labute approximate surface area is 168 Å². The minimum absolute atomic E-state index is 0.155. The number of aromatic hydroxyl groups is 2. The molecule has 0 fully saturated rings. The first kappa shape index (κ1) is 18.2. The minimum atomic E-state index is -0.579. The fourth-order valence-electron chi connectivity index (χ4n) is 2.97. The molecule has 0 bridgehead atoms. The first-order chi connectivity index (χ1) is 13.4. The van der Waals surface area contributed by atoms with E-state index in [9.17, 15) is 19.8 Å². The van der Waals surface area contributed by atoms with Gasteiger partial charge in [-0.05, 0) is 0 Å². The molecule has 0 aliphatic heterocycles. The van der Waals surface area contributed by atoms with Gasteiger partial charge in [0.15, 0.2) is 17.1 Å². The molecule has 0 saturated carbocycles. The standard InChI is InChI=1S/C20H10Cl2N2O4/c21-13-15(19(27)11-7-3-1-5-9(11)17(13)25)23-24-16-14(22)18(26)10-6-2-4-8-12(10)20(16)28/h1-8,25,27H. The zero-order chi connectivity index (χ0) is 20.0. The third-order valence-corrected chi connectivity index (χ3v) is 5.07. The summed E-state index contributed by atoms with van der Waals surface area (Å²) in [6.45, 7) is 0. The highest BCUT2D eigenvalue weighted by atomic mass is 35.5. The van der Waals surface area contributed by atoms with E-state index in [4.69, 9.17) is 23.2 Å². The molecule has 8 heteroatoms. The van der Waals surface area contributed by atoms with Crippen LogP contribution in [-0.4, -0.2) is 21.8 Å². The number of allylic oxidation sites excluding steroid dienone is 2. The molecule has 0 atom stereocenters. The zero-order valence-electron chi connectivity index (χ0n) is 14.0. The molecule has 0 unspecified atom stereocenters. The van der Waals surface area contributed by atoms with Crippen LogP contribution in [-0.2, 0) is 0 Å². The summed E-state index contributed by atoms with van der Waals surface area (Å²) in [5, 5.41) is 28.4. The topological polar surface area (TPSA) is 99.3 Å². The molecule has 1 aliphatic rings. The molecule has 0 heterocycles. The van der Waals surface area contributed by atoms with Crippen molar-refractivity contribution in [2.45, 2.75) is 0 Å². The van der Waals surface area contributed by atoms with Crippen molar-refractivity contribution >= 4 is 51.2 Å². The number of ketones is 2. The van der Waals surface area contributed by atoms with E-state index in [0.717, 1.165) is 0 Å². The Morgan fingerprint density at radius 2 is 1.25 bits per heavy atom. The molecule has 3 aromatic rings. The van der Waals surface area contributed by atoms with Crippen LogP contribution in [0.4, 0.5) is 5.69 Å². The van der Waals surface area contributed by atoms with E-state index in [1.165, 1.54) is 12.1 Å². The van der Waals surface area contributed by atoms with Crippen molar-refractivity contribution in [3.63, 3.8) is 0 Å². The van der Waals surface area contributed by atoms with Crippen molar-refractivity contribution in [2.24, 2.45) is 10.2 Å². The second-order valence-electron chi connectivity index (χ2n) is 5.97. The van der Waals surface area contributed by atoms with E-state index in [2.05, 4.69) is 10.2 Å². The molecule has 0 radical (unpaired) electrons. The van der Waals surface area contributed by atoms with Crippen molar-refractivity contribution in [2.75, 3.05) is 0 Å². The zero-order valence-corrected chi connectivity index (χ0v) is 15.5. The van der Waals surface area contributed by atoms with Crippen molar-refractivity contribution in [3.8, 4) is 11.5 Å². The summed E-state index contributed by atoms with van der Waals surface area (Å²) in [7, 11) is 0. The van der Waals surface area contributed by atoms with Crippen LogP contribution in [0.25, 0.3) is 10.8 Å². The van der Waals surface area contributed by atoms with Crippen LogP contribution >= 0.6 is 23.2 Å². The Kier molecular flexibility index (Phi) is 4.37. The maximum Gasteiger partial charge on any atom is 0.215 e. The number of hydrogen-bond acceptors (Lipinski definition) is 6. The lowest BCUT2D eigenvalue weighted by atomic mass is 9.93. The summed E-state index contributed by atoms with van der Waals surface area (Å²) in [5.41, 5.74) is -0.273. The summed E-state index contributed by atoms with van der Waals surface area (Å²) >= 11 is 12.2. The van der Waals surface area contributed by atoms with E-state index >= 15 is 0 Å².